The molecule has 6 nitrogen and oxygen atoms in total. The Balaban J connectivity index is 1.52. The molecule has 0 spiro atoms. The Bertz CT molecular complexity index is 841. The molecule has 0 atom stereocenters. The highest BCUT2D eigenvalue weighted by Gasteiger charge is 2.34. The van der Waals surface area contributed by atoms with Crippen LogP contribution in [-0.4, -0.2) is 15.9 Å². The molecule has 1 amide bonds. The van der Waals surface area contributed by atoms with Gasteiger partial charge < -0.3 is 16.4 Å². The Morgan fingerprint density at radius 1 is 1.08 bits per heavy atom. The molecule has 4 rings (SSSR count). The van der Waals surface area contributed by atoms with Gasteiger partial charge in [0.1, 0.15) is 0 Å². The van der Waals surface area contributed by atoms with Crippen molar-refractivity contribution in [1.29, 1.82) is 0 Å². The molecule has 0 bridgehead atoms. The summed E-state index contributed by atoms with van der Waals surface area (Å²) in [5.41, 5.74) is 8.97. The lowest BCUT2D eigenvalue weighted by Crippen LogP contribution is -2.27. The van der Waals surface area contributed by atoms with Gasteiger partial charge in [-0.25, -0.2) is 9.37 Å². The second-order valence-electron chi connectivity index (χ2n) is 6.65. The van der Waals surface area contributed by atoms with Crippen LogP contribution in [0.2, 0.25) is 0 Å². The standard InChI is InChI=1S/C19H20FN5O/c20-15-10-22-19(23-13-8-7-11-3-1-4-12(11)9-13)25-18(15)24-16-6-2-5-14(16)17(21)26/h7-10H,1-6H2,(H2,21,26)(H2,22,23,24,25). The highest BCUT2D eigenvalue weighted by molar-refractivity contribution is 5.92. The van der Waals surface area contributed by atoms with Gasteiger partial charge in [0.05, 0.1) is 18.2 Å². The summed E-state index contributed by atoms with van der Waals surface area (Å²) in [7, 11) is 0. The van der Waals surface area contributed by atoms with Crippen LogP contribution < -0.4 is 16.4 Å². The summed E-state index contributed by atoms with van der Waals surface area (Å²) < 4.78 is 14.1. The number of aryl methyl sites for hydroxylation is 2. The van der Waals surface area contributed by atoms with Crippen molar-refractivity contribution in [2.75, 3.05) is 10.6 Å². The number of amides is 1. The van der Waals surface area contributed by atoms with Crippen molar-refractivity contribution in [3.05, 3.63) is 53.3 Å². The van der Waals surface area contributed by atoms with Crippen LogP contribution in [0, 0.1) is 17.8 Å². The predicted octanol–water partition coefficient (Wildman–Crippen LogP) is 3.04. The largest absolute Gasteiger partial charge is 0.369 e. The minimum absolute atomic E-state index is 0.0410. The number of anilines is 3. The van der Waals surface area contributed by atoms with Gasteiger partial charge in [-0.1, -0.05) is 6.07 Å². The van der Waals surface area contributed by atoms with Crippen molar-refractivity contribution in [1.82, 2.24) is 9.97 Å². The van der Waals surface area contributed by atoms with Gasteiger partial charge in [0.2, 0.25) is 11.9 Å². The molecule has 26 heavy (non-hydrogen) atoms. The first kappa shape index (κ1) is 16.8. The first-order valence-corrected chi connectivity index (χ1v) is 8.80. The van der Waals surface area contributed by atoms with Crippen LogP contribution >= 0.6 is 0 Å². The Hall–Kier alpha value is -2.70. The molecule has 2 aromatic rings. The topological polar surface area (TPSA) is 92.9 Å². The zero-order valence-corrected chi connectivity index (χ0v) is 14.3. The molecule has 0 saturated heterocycles. The number of nitrogens with one attached hydrogen (secondary N) is 2. The number of aromatic nitrogens is 2. The van der Waals surface area contributed by atoms with E-state index in [-0.39, 0.29) is 5.82 Å². The van der Waals surface area contributed by atoms with Crippen LogP contribution in [0.5, 0.6) is 0 Å². The number of halogens is 1. The number of benzene rings is 1. The number of carbonyl (C=O) groups excluding carboxylic acids is 1. The first-order valence-electron chi connectivity index (χ1n) is 8.80. The lowest BCUT2D eigenvalue weighted by molar-refractivity contribution is -0.116. The Morgan fingerprint density at radius 3 is 2.73 bits per heavy atom. The van der Waals surface area contributed by atoms with Crippen LogP contribution in [0.15, 0.2) is 24.4 Å². The van der Waals surface area contributed by atoms with Gasteiger partial charge in [-0.3, -0.25) is 4.79 Å². The molecule has 1 saturated carbocycles. The Labute approximate surface area is 151 Å². The van der Waals surface area contributed by atoms with E-state index in [9.17, 15) is 9.18 Å². The number of rotatable bonds is 5. The summed E-state index contributed by atoms with van der Waals surface area (Å²) in [6.45, 7) is 0. The van der Waals surface area contributed by atoms with E-state index < -0.39 is 11.7 Å². The maximum atomic E-state index is 14.1. The lowest BCUT2D eigenvalue weighted by atomic mass is 10.0. The SMILES string of the molecule is NC(=O)[C]1CCC[C]1Nc1nc(Nc2ccc3c(c2)CCC3)ncc1F. The van der Waals surface area contributed by atoms with Crippen LogP contribution in [0.4, 0.5) is 21.8 Å². The van der Waals surface area contributed by atoms with E-state index in [1.54, 1.807) is 0 Å². The van der Waals surface area contributed by atoms with E-state index in [0.717, 1.165) is 31.1 Å². The highest BCUT2D eigenvalue weighted by Crippen LogP contribution is 2.36. The smallest absolute Gasteiger partial charge is 0.229 e. The third-order valence-corrected chi connectivity index (χ3v) is 4.88. The molecular weight excluding hydrogens is 333 g/mol. The van der Waals surface area contributed by atoms with Crippen LogP contribution in [0.1, 0.15) is 36.8 Å². The van der Waals surface area contributed by atoms with Crippen molar-refractivity contribution in [2.24, 2.45) is 5.73 Å². The number of nitrogens with zero attached hydrogens (tertiary/aromatic N) is 2. The van der Waals surface area contributed by atoms with Gasteiger partial charge in [-0.05, 0) is 61.8 Å². The summed E-state index contributed by atoms with van der Waals surface area (Å²) in [5.74, 6) is -0.204. The number of nitrogens with two attached hydrogens (primary N) is 1. The zero-order valence-electron chi connectivity index (χ0n) is 14.3. The van der Waals surface area contributed by atoms with E-state index in [2.05, 4.69) is 32.7 Å². The summed E-state index contributed by atoms with van der Waals surface area (Å²) in [5, 5.41) is 6.04. The van der Waals surface area contributed by atoms with E-state index in [1.807, 2.05) is 6.07 Å². The van der Waals surface area contributed by atoms with Gasteiger partial charge in [-0.15, -0.1) is 0 Å². The van der Waals surface area contributed by atoms with Crippen molar-refractivity contribution in [3.63, 3.8) is 0 Å². The number of carbonyl (C=O) groups is 1. The molecular formula is C19H20FN5O. The number of fused-ring (bicyclic) bond motifs is 1. The quantitative estimate of drug-likeness (QED) is 0.768. The van der Waals surface area contributed by atoms with Crippen molar-refractivity contribution in [2.45, 2.75) is 38.5 Å². The number of hydrogen-bond acceptors (Lipinski definition) is 5. The summed E-state index contributed by atoms with van der Waals surface area (Å²) in [6.07, 6.45) is 6.55. The summed E-state index contributed by atoms with van der Waals surface area (Å²) >= 11 is 0. The van der Waals surface area contributed by atoms with Gasteiger partial charge in [0.15, 0.2) is 11.6 Å². The van der Waals surface area contributed by atoms with Gasteiger partial charge >= 0.3 is 0 Å². The second kappa shape index (κ2) is 6.90. The second-order valence-corrected chi connectivity index (χ2v) is 6.65. The third-order valence-electron chi connectivity index (χ3n) is 4.88. The fourth-order valence-corrected chi connectivity index (χ4v) is 3.59. The molecule has 0 unspecified atom stereocenters. The van der Waals surface area contributed by atoms with E-state index in [0.29, 0.717) is 30.7 Å². The van der Waals surface area contributed by atoms with Gasteiger partial charge in [-0.2, -0.15) is 4.98 Å². The maximum absolute atomic E-state index is 14.1. The molecule has 2 aliphatic rings. The predicted molar refractivity (Wildman–Crippen MR) is 96.9 cm³/mol. The van der Waals surface area contributed by atoms with Crippen molar-refractivity contribution >= 4 is 23.4 Å². The van der Waals surface area contributed by atoms with E-state index in [1.165, 1.54) is 17.5 Å². The monoisotopic (exact) mass is 353 g/mol. The molecule has 1 aromatic heterocycles. The minimum Gasteiger partial charge on any atom is -0.369 e. The van der Waals surface area contributed by atoms with Gasteiger partial charge in [0, 0.05) is 5.69 Å². The summed E-state index contributed by atoms with van der Waals surface area (Å²) in [6, 6.07) is 6.82. The molecule has 2 radical (unpaired) electrons. The Morgan fingerprint density at radius 2 is 1.88 bits per heavy atom. The first-order chi connectivity index (χ1) is 12.6. The fourth-order valence-electron chi connectivity index (χ4n) is 3.59. The summed E-state index contributed by atoms with van der Waals surface area (Å²) in [4.78, 5) is 19.7. The zero-order chi connectivity index (χ0) is 18.1. The van der Waals surface area contributed by atoms with Gasteiger partial charge in [0.25, 0.3) is 0 Å². The molecule has 4 N–H and O–H groups in total. The molecule has 134 valence electrons. The molecule has 1 fully saturated rings. The van der Waals surface area contributed by atoms with Crippen molar-refractivity contribution < 1.29 is 9.18 Å². The normalized spacial score (nSPS) is 17.3. The molecule has 1 aromatic carbocycles. The van der Waals surface area contributed by atoms with E-state index >= 15 is 0 Å². The molecule has 0 aliphatic heterocycles. The molecule has 7 heteroatoms. The lowest BCUT2D eigenvalue weighted by Gasteiger charge is -2.18. The van der Waals surface area contributed by atoms with Crippen LogP contribution in [0.25, 0.3) is 0 Å². The molecule has 2 aliphatic carbocycles. The average Bonchev–Trinajstić information content (AvgIpc) is 3.26. The van der Waals surface area contributed by atoms with E-state index in [4.69, 9.17) is 5.73 Å². The maximum Gasteiger partial charge on any atom is 0.229 e. The van der Waals surface area contributed by atoms with Crippen molar-refractivity contribution in [3.8, 4) is 0 Å². The average molecular weight is 353 g/mol. The molecule has 1 heterocycles. The Kier molecular flexibility index (Phi) is 4.44. The highest BCUT2D eigenvalue weighted by atomic mass is 19.1. The third kappa shape index (κ3) is 3.34. The number of primary amides is 1. The minimum atomic E-state index is -0.576. The fraction of sp³-hybridized carbons (Fsp3) is 0.316. The van der Waals surface area contributed by atoms with Crippen LogP contribution in [-0.2, 0) is 17.6 Å². The number of hydrogen-bond donors (Lipinski definition) is 3. The van der Waals surface area contributed by atoms with Crippen LogP contribution in [0.3, 0.4) is 0 Å².